The summed E-state index contributed by atoms with van der Waals surface area (Å²) in [5.41, 5.74) is 2.95. The van der Waals surface area contributed by atoms with Crippen LogP contribution in [0, 0.1) is 6.92 Å². The van der Waals surface area contributed by atoms with Crippen molar-refractivity contribution in [1.29, 1.82) is 0 Å². The molecule has 0 amide bonds. The average molecular weight is 304 g/mol. The number of rotatable bonds is 4. The molecule has 3 heterocycles. The number of aromatic nitrogens is 1. The van der Waals surface area contributed by atoms with Gasteiger partial charge in [-0.05, 0) is 20.3 Å². The molecule has 22 heavy (non-hydrogen) atoms. The minimum absolute atomic E-state index is 0.142. The molecule has 2 aliphatic heterocycles. The summed E-state index contributed by atoms with van der Waals surface area (Å²) in [6.45, 7) is 9.25. The topological polar surface area (TPSA) is 41.0 Å². The summed E-state index contributed by atoms with van der Waals surface area (Å²) >= 11 is 0. The summed E-state index contributed by atoms with van der Waals surface area (Å²) in [6, 6.07) is 0. The van der Waals surface area contributed by atoms with Gasteiger partial charge in [0, 0.05) is 24.8 Å². The van der Waals surface area contributed by atoms with Crippen LogP contribution in [0.5, 0.6) is 0 Å². The Morgan fingerprint density at radius 1 is 1.32 bits per heavy atom. The standard InChI is InChI=1S/C16H24N4O2/c1-5-7-18-9-13-10-19(22-4)11-20(13)16-14(18)15(21)12(3)8-17(16)6-2/h8,10H,5-7,9,11H2,1-4H3. The maximum Gasteiger partial charge on any atom is 0.209 e. The first-order chi connectivity index (χ1) is 10.6. The predicted octanol–water partition coefficient (Wildman–Crippen LogP) is 1.89. The molecule has 0 N–H and O–H groups in total. The fourth-order valence-corrected chi connectivity index (χ4v) is 3.27. The first-order valence-electron chi connectivity index (χ1n) is 7.88. The molecule has 0 radical (unpaired) electrons. The third-order valence-corrected chi connectivity index (χ3v) is 4.32. The molecule has 0 bridgehead atoms. The molecule has 3 rings (SSSR count). The highest BCUT2D eigenvalue weighted by atomic mass is 16.7. The van der Waals surface area contributed by atoms with Gasteiger partial charge >= 0.3 is 0 Å². The minimum Gasteiger partial charge on any atom is -0.360 e. The van der Waals surface area contributed by atoms with Gasteiger partial charge in [-0.15, -0.1) is 0 Å². The lowest BCUT2D eigenvalue weighted by atomic mass is 10.1. The van der Waals surface area contributed by atoms with Gasteiger partial charge in [-0.2, -0.15) is 0 Å². The molecule has 0 saturated heterocycles. The van der Waals surface area contributed by atoms with E-state index in [2.05, 4.69) is 28.2 Å². The van der Waals surface area contributed by atoms with Gasteiger partial charge in [0.2, 0.25) is 5.43 Å². The predicted molar refractivity (Wildman–Crippen MR) is 87.9 cm³/mol. The number of fused-ring (bicyclic) bond motifs is 3. The molecule has 0 aromatic carbocycles. The van der Waals surface area contributed by atoms with E-state index >= 15 is 0 Å². The van der Waals surface area contributed by atoms with E-state index in [0.29, 0.717) is 6.67 Å². The molecule has 6 nitrogen and oxygen atoms in total. The Labute approximate surface area is 131 Å². The molecule has 0 atom stereocenters. The fraction of sp³-hybridized carbons (Fsp3) is 0.562. The summed E-state index contributed by atoms with van der Waals surface area (Å²) < 4.78 is 2.17. The van der Waals surface area contributed by atoms with Gasteiger partial charge in [0.1, 0.15) is 18.2 Å². The lowest BCUT2D eigenvalue weighted by Gasteiger charge is -2.38. The van der Waals surface area contributed by atoms with E-state index in [1.54, 1.807) is 12.2 Å². The van der Waals surface area contributed by atoms with E-state index in [1.165, 1.54) is 5.70 Å². The molecule has 0 fully saturated rings. The molecule has 120 valence electrons. The maximum absolute atomic E-state index is 12.8. The Hall–Kier alpha value is -1.95. The van der Waals surface area contributed by atoms with Crippen LogP contribution in [0.3, 0.4) is 0 Å². The van der Waals surface area contributed by atoms with Crippen LogP contribution in [0.2, 0.25) is 0 Å². The lowest BCUT2D eigenvalue weighted by molar-refractivity contribution is -0.0791. The van der Waals surface area contributed by atoms with Crippen molar-refractivity contribution in [2.45, 2.75) is 33.7 Å². The van der Waals surface area contributed by atoms with Crippen LogP contribution in [0.15, 0.2) is 22.9 Å². The molecule has 1 aromatic heterocycles. The number of aryl methyl sites for hydroxylation is 2. The van der Waals surface area contributed by atoms with Gasteiger partial charge in [-0.3, -0.25) is 9.63 Å². The summed E-state index contributed by atoms with van der Waals surface area (Å²) in [5.74, 6) is 0.989. The van der Waals surface area contributed by atoms with E-state index in [1.807, 2.05) is 19.3 Å². The molecule has 0 unspecified atom stereocenters. The minimum atomic E-state index is 0.142. The van der Waals surface area contributed by atoms with Gasteiger partial charge in [0.15, 0.2) is 0 Å². The molecule has 0 spiro atoms. The van der Waals surface area contributed by atoms with Crippen molar-refractivity contribution in [2.75, 3.05) is 36.7 Å². The Morgan fingerprint density at radius 3 is 2.73 bits per heavy atom. The van der Waals surface area contributed by atoms with Crippen molar-refractivity contribution in [2.24, 2.45) is 0 Å². The monoisotopic (exact) mass is 304 g/mol. The third-order valence-electron chi connectivity index (χ3n) is 4.32. The highest BCUT2D eigenvalue weighted by molar-refractivity contribution is 5.75. The van der Waals surface area contributed by atoms with Crippen LogP contribution in [0.1, 0.15) is 25.8 Å². The Morgan fingerprint density at radius 2 is 2.09 bits per heavy atom. The molecule has 0 aliphatic carbocycles. The number of pyridine rings is 1. The zero-order valence-electron chi connectivity index (χ0n) is 13.8. The SMILES string of the molecule is CCCN1CC2=CN(OC)CN2c2c1c(=O)c(C)cn2CC. The Kier molecular flexibility index (Phi) is 3.87. The van der Waals surface area contributed by atoms with Crippen molar-refractivity contribution in [3.05, 3.63) is 33.9 Å². The van der Waals surface area contributed by atoms with Crippen molar-refractivity contribution in [1.82, 2.24) is 9.63 Å². The van der Waals surface area contributed by atoms with Gasteiger partial charge in [0.05, 0.1) is 25.6 Å². The zero-order valence-corrected chi connectivity index (χ0v) is 13.8. The quantitative estimate of drug-likeness (QED) is 0.849. The lowest BCUT2D eigenvalue weighted by Crippen LogP contribution is -2.44. The number of hydroxylamine groups is 2. The molecule has 1 aromatic rings. The Bertz CT molecular complexity index is 665. The van der Waals surface area contributed by atoms with E-state index < -0.39 is 0 Å². The molecule has 6 heteroatoms. The summed E-state index contributed by atoms with van der Waals surface area (Å²) in [4.78, 5) is 22.5. The summed E-state index contributed by atoms with van der Waals surface area (Å²) in [5, 5.41) is 1.80. The van der Waals surface area contributed by atoms with Crippen LogP contribution >= 0.6 is 0 Å². The maximum atomic E-state index is 12.8. The van der Waals surface area contributed by atoms with Crippen molar-refractivity contribution in [3.63, 3.8) is 0 Å². The smallest absolute Gasteiger partial charge is 0.209 e. The summed E-state index contributed by atoms with van der Waals surface area (Å²) in [6.07, 6.45) is 5.00. The van der Waals surface area contributed by atoms with Gasteiger partial charge < -0.3 is 14.4 Å². The van der Waals surface area contributed by atoms with E-state index in [0.717, 1.165) is 43.1 Å². The second-order valence-corrected chi connectivity index (χ2v) is 5.81. The molecule has 2 aliphatic rings. The van der Waals surface area contributed by atoms with Gasteiger partial charge in [-0.1, -0.05) is 6.92 Å². The van der Waals surface area contributed by atoms with Crippen molar-refractivity contribution < 1.29 is 4.84 Å². The van der Waals surface area contributed by atoms with Crippen LogP contribution in [0.25, 0.3) is 0 Å². The molecular formula is C16H24N4O2. The van der Waals surface area contributed by atoms with E-state index in [9.17, 15) is 4.79 Å². The van der Waals surface area contributed by atoms with Crippen molar-refractivity contribution >= 4 is 11.5 Å². The van der Waals surface area contributed by atoms with Crippen LogP contribution in [-0.4, -0.2) is 36.5 Å². The highest BCUT2D eigenvalue weighted by Crippen LogP contribution is 2.37. The fourth-order valence-electron chi connectivity index (χ4n) is 3.27. The second kappa shape index (κ2) is 5.68. The van der Waals surface area contributed by atoms with Crippen LogP contribution < -0.4 is 15.2 Å². The second-order valence-electron chi connectivity index (χ2n) is 5.81. The number of nitrogens with zero attached hydrogens (tertiary/aromatic N) is 4. The number of hydrogen-bond donors (Lipinski definition) is 0. The van der Waals surface area contributed by atoms with Crippen molar-refractivity contribution in [3.8, 4) is 0 Å². The largest absolute Gasteiger partial charge is 0.360 e. The number of anilines is 2. The molecular weight excluding hydrogens is 280 g/mol. The summed E-state index contributed by atoms with van der Waals surface area (Å²) in [7, 11) is 1.67. The van der Waals surface area contributed by atoms with Gasteiger partial charge in [-0.25, -0.2) is 5.06 Å². The van der Waals surface area contributed by atoms with Crippen LogP contribution in [0.4, 0.5) is 11.5 Å². The Balaban J connectivity index is 2.20. The van der Waals surface area contributed by atoms with Crippen LogP contribution in [-0.2, 0) is 11.4 Å². The molecule has 0 saturated carbocycles. The first-order valence-corrected chi connectivity index (χ1v) is 7.88. The third kappa shape index (κ3) is 2.18. The zero-order chi connectivity index (χ0) is 15.9. The number of hydrogen-bond acceptors (Lipinski definition) is 5. The van der Waals surface area contributed by atoms with E-state index in [-0.39, 0.29) is 5.43 Å². The highest BCUT2D eigenvalue weighted by Gasteiger charge is 2.35. The average Bonchev–Trinajstić information content (AvgIpc) is 2.93. The first kappa shape index (κ1) is 15.0. The van der Waals surface area contributed by atoms with Gasteiger partial charge in [0.25, 0.3) is 0 Å². The normalized spacial score (nSPS) is 16.7. The van der Waals surface area contributed by atoms with E-state index in [4.69, 9.17) is 4.84 Å².